The normalized spacial score (nSPS) is 19.7. The van der Waals surface area contributed by atoms with Gasteiger partial charge in [0.15, 0.2) is 0 Å². The molecule has 0 amide bonds. The number of hydrogen-bond donors (Lipinski definition) is 3. The molecule has 8 nitrogen and oxygen atoms in total. The van der Waals surface area contributed by atoms with Crippen LogP contribution in [0.3, 0.4) is 0 Å². The first kappa shape index (κ1) is 22.2. The minimum Gasteiger partial charge on any atom is -0.481 e. The lowest BCUT2D eigenvalue weighted by Gasteiger charge is -2.25. The van der Waals surface area contributed by atoms with Gasteiger partial charge >= 0.3 is 5.97 Å². The number of rotatable bonds is 8. The molecule has 0 bridgehead atoms. The van der Waals surface area contributed by atoms with E-state index < -0.39 is 5.97 Å². The molecule has 0 unspecified atom stereocenters. The second-order valence-electron chi connectivity index (χ2n) is 8.64. The number of anilines is 1. The van der Waals surface area contributed by atoms with Crippen LogP contribution in [0.4, 0.5) is 5.95 Å². The van der Waals surface area contributed by atoms with Crippen molar-refractivity contribution in [1.29, 1.82) is 0 Å². The quantitative estimate of drug-likeness (QED) is 0.494. The largest absolute Gasteiger partial charge is 0.481 e. The molecule has 8 heteroatoms. The highest BCUT2D eigenvalue weighted by Gasteiger charge is 2.25. The van der Waals surface area contributed by atoms with Gasteiger partial charge in [-0.2, -0.15) is 0 Å². The van der Waals surface area contributed by atoms with E-state index in [1.807, 2.05) is 41.9 Å². The number of aromatic nitrogens is 3. The van der Waals surface area contributed by atoms with Crippen molar-refractivity contribution < 1.29 is 19.7 Å². The molecule has 1 atom stereocenters. The lowest BCUT2D eigenvalue weighted by molar-refractivity contribution is -0.136. The fourth-order valence-electron chi connectivity index (χ4n) is 4.46. The number of nitrogens with one attached hydrogen (secondary N) is 1. The molecule has 4 rings (SSSR count). The molecule has 3 N–H and O–H groups in total. The number of carboxylic acids is 1. The molecule has 3 aromatic rings. The minimum absolute atomic E-state index is 0.00421. The van der Waals surface area contributed by atoms with Gasteiger partial charge in [0.2, 0.25) is 5.95 Å². The summed E-state index contributed by atoms with van der Waals surface area (Å²) in [4.78, 5) is 15.5. The number of nitrogens with zero attached hydrogens (tertiary/aromatic N) is 3. The molecule has 1 fully saturated rings. The van der Waals surface area contributed by atoms with Crippen LogP contribution in [-0.4, -0.2) is 56.6 Å². The van der Waals surface area contributed by atoms with Crippen LogP contribution >= 0.6 is 0 Å². The molecule has 170 valence electrons. The van der Waals surface area contributed by atoms with Crippen molar-refractivity contribution in [2.24, 2.45) is 0 Å². The van der Waals surface area contributed by atoms with Crippen molar-refractivity contribution in [3.8, 4) is 11.1 Å². The number of benzene rings is 1. The Balaban J connectivity index is 1.73. The number of aliphatic carboxylic acids is 1. The zero-order chi connectivity index (χ0) is 22.7. The zero-order valence-electron chi connectivity index (χ0n) is 18.5. The molecule has 2 aromatic heterocycles. The molecule has 0 radical (unpaired) electrons. The lowest BCUT2D eigenvalue weighted by Crippen LogP contribution is -2.23. The summed E-state index contributed by atoms with van der Waals surface area (Å²) in [5.41, 5.74) is 4.80. The molecular weight excluding hydrogens is 408 g/mol. The van der Waals surface area contributed by atoms with Gasteiger partial charge in [-0.25, -0.2) is 9.50 Å². The van der Waals surface area contributed by atoms with Gasteiger partial charge in [0.1, 0.15) is 0 Å². The van der Waals surface area contributed by atoms with E-state index in [0.717, 1.165) is 53.6 Å². The maximum atomic E-state index is 11.0. The average Bonchev–Trinajstić information content (AvgIpc) is 3.13. The first-order chi connectivity index (χ1) is 15.4. The Hall–Kier alpha value is -2.97. The van der Waals surface area contributed by atoms with Crippen LogP contribution in [-0.2, 0) is 16.0 Å². The van der Waals surface area contributed by atoms with Crippen molar-refractivity contribution >= 4 is 17.4 Å². The molecule has 1 aliphatic carbocycles. The van der Waals surface area contributed by atoms with E-state index in [1.54, 1.807) is 7.11 Å². The summed E-state index contributed by atoms with van der Waals surface area (Å²) >= 11 is 0. The fourth-order valence-corrected chi connectivity index (χ4v) is 4.46. The van der Waals surface area contributed by atoms with Crippen molar-refractivity contribution in [2.45, 2.75) is 57.1 Å². The van der Waals surface area contributed by atoms with E-state index in [2.05, 4.69) is 16.4 Å². The minimum atomic E-state index is -0.843. The molecule has 1 saturated carbocycles. The molecule has 0 spiro atoms. The van der Waals surface area contributed by atoms with Gasteiger partial charge in [0, 0.05) is 30.3 Å². The van der Waals surface area contributed by atoms with E-state index in [9.17, 15) is 9.90 Å². The number of fused-ring (bicyclic) bond motifs is 1. The second-order valence-corrected chi connectivity index (χ2v) is 8.64. The van der Waals surface area contributed by atoms with Crippen LogP contribution in [0.25, 0.3) is 16.6 Å². The van der Waals surface area contributed by atoms with Crippen molar-refractivity contribution in [3.63, 3.8) is 0 Å². The Labute approximate surface area is 187 Å². The number of methoxy groups -OCH3 is 1. The number of aliphatic hydroxyl groups is 1. The third kappa shape index (κ3) is 4.92. The summed E-state index contributed by atoms with van der Waals surface area (Å²) in [5.74, 6) is 0.00755. The summed E-state index contributed by atoms with van der Waals surface area (Å²) < 4.78 is 7.17. The van der Waals surface area contributed by atoms with Crippen LogP contribution in [0.5, 0.6) is 0 Å². The van der Waals surface area contributed by atoms with Crippen LogP contribution in [0.2, 0.25) is 0 Å². The highest BCUT2D eigenvalue weighted by molar-refractivity contribution is 5.82. The third-order valence-electron chi connectivity index (χ3n) is 6.07. The van der Waals surface area contributed by atoms with Gasteiger partial charge in [-0.1, -0.05) is 24.3 Å². The van der Waals surface area contributed by atoms with Crippen LogP contribution in [0.1, 0.15) is 49.8 Å². The summed E-state index contributed by atoms with van der Waals surface area (Å²) in [7, 11) is 1.66. The summed E-state index contributed by atoms with van der Waals surface area (Å²) in [5, 5.41) is 27.1. The summed E-state index contributed by atoms with van der Waals surface area (Å²) in [6.45, 7) is 2.56. The van der Waals surface area contributed by atoms with E-state index in [0.29, 0.717) is 18.5 Å². The number of carboxylic acid groups (broad SMARTS) is 1. The smallest absolute Gasteiger partial charge is 0.307 e. The highest BCUT2D eigenvalue weighted by Crippen LogP contribution is 2.37. The van der Waals surface area contributed by atoms with Gasteiger partial charge < -0.3 is 20.3 Å². The number of ether oxygens (including phenoxy) is 1. The van der Waals surface area contributed by atoms with Gasteiger partial charge in [-0.3, -0.25) is 4.79 Å². The van der Waals surface area contributed by atoms with Crippen LogP contribution < -0.4 is 5.32 Å². The van der Waals surface area contributed by atoms with E-state index in [4.69, 9.17) is 14.9 Å². The Kier molecular flexibility index (Phi) is 6.72. The van der Waals surface area contributed by atoms with Gasteiger partial charge in [-0.15, -0.1) is 5.10 Å². The second kappa shape index (κ2) is 9.67. The molecular formula is C24H30N4O4. The standard InChI is InChI=1S/C24H30N4O4/c1-15(14-32-2)26-24-25-13-22-20(17-5-3-16(4-6-17)11-23(30)31)12-21(28(22)27-24)18-7-9-19(29)10-8-18/h3-6,12-13,15,18-19,29H,7-11,14H2,1-2H3,(H,26,27)(H,30,31)/t15-,18?,19?/m0/s1. The number of aliphatic hydroxyl groups excluding tert-OH is 1. The first-order valence-corrected chi connectivity index (χ1v) is 11.1. The fraction of sp³-hybridized carbons (Fsp3) is 0.458. The zero-order valence-corrected chi connectivity index (χ0v) is 18.5. The molecule has 32 heavy (non-hydrogen) atoms. The van der Waals surface area contributed by atoms with Gasteiger partial charge in [0.05, 0.1) is 30.8 Å². The molecule has 2 heterocycles. The SMILES string of the molecule is COC[C@H](C)Nc1ncc2c(-c3ccc(CC(=O)O)cc3)cc(C3CCC(O)CC3)n2n1. The predicted octanol–water partition coefficient (Wildman–Crippen LogP) is 3.49. The Bertz CT molecular complexity index is 1070. The lowest BCUT2D eigenvalue weighted by atomic mass is 9.85. The van der Waals surface area contributed by atoms with Crippen LogP contribution in [0, 0.1) is 0 Å². The van der Waals surface area contributed by atoms with E-state index >= 15 is 0 Å². The predicted molar refractivity (Wildman–Crippen MR) is 122 cm³/mol. The summed E-state index contributed by atoms with van der Waals surface area (Å²) in [6.07, 6.45) is 5.02. The van der Waals surface area contributed by atoms with Crippen molar-refractivity contribution in [1.82, 2.24) is 14.6 Å². The maximum Gasteiger partial charge on any atom is 0.307 e. The van der Waals surface area contributed by atoms with Crippen LogP contribution in [0.15, 0.2) is 36.5 Å². The number of carbonyl (C=O) groups is 1. The van der Waals surface area contributed by atoms with Gasteiger partial charge in [-0.05, 0) is 49.8 Å². The highest BCUT2D eigenvalue weighted by atomic mass is 16.5. The topological polar surface area (TPSA) is 109 Å². The monoisotopic (exact) mass is 438 g/mol. The third-order valence-corrected chi connectivity index (χ3v) is 6.07. The van der Waals surface area contributed by atoms with Crippen molar-refractivity contribution in [3.05, 3.63) is 47.8 Å². The Morgan fingerprint density at radius 2 is 1.97 bits per heavy atom. The van der Waals surface area contributed by atoms with E-state index in [-0.39, 0.29) is 18.6 Å². The molecule has 1 aromatic carbocycles. The van der Waals surface area contributed by atoms with Crippen molar-refractivity contribution in [2.75, 3.05) is 19.0 Å². The molecule has 0 aliphatic heterocycles. The van der Waals surface area contributed by atoms with Gasteiger partial charge in [0.25, 0.3) is 0 Å². The van der Waals surface area contributed by atoms with E-state index in [1.165, 1.54) is 0 Å². The Morgan fingerprint density at radius 1 is 1.25 bits per heavy atom. The molecule has 1 aliphatic rings. The first-order valence-electron chi connectivity index (χ1n) is 11.1. The molecule has 0 saturated heterocycles. The summed E-state index contributed by atoms with van der Waals surface area (Å²) in [6, 6.07) is 9.85. The maximum absolute atomic E-state index is 11.0. The number of hydrogen-bond acceptors (Lipinski definition) is 6. The average molecular weight is 439 g/mol. The Morgan fingerprint density at radius 3 is 2.62 bits per heavy atom.